The third-order valence-corrected chi connectivity index (χ3v) is 28.1. The van der Waals surface area contributed by atoms with Crippen molar-refractivity contribution in [1.29, 1.82) is 0 Å². The molecule has 0 aliphatic rings. The number of benzene rings is 24. The van der Waals surface area contributed by atoms with Crippen molar-refractivity contribution in [1.82, 2.24) is 9.13 Å². The molecule has 0 unspecified atom stereocenters. The molecule has 0 saturated heterocycles. The van der Waals surface area contributed by atoms with Crippen molar-refractivity contribution in [3.63, 3.8) is 0 Å². The molecular weight excluding hydrogens is 1740 g/mol. The molecule has 0 fully saturated rings. The first kappa shape index (κ1) is 86.4. The molecule has 0 spiro atoms. The summed E-state index contributed by atoms with van der Waals surface area (Å²) in [7, 11) is 0. The van der Waals surface area contributed by atoms with Crippen molar-refractivity contribution in [2.75, 3.05) is 14.7 Å². The van der Waals surface area contributed by atoms with Crippen molar-refractivity contribution in [2.45, 2.75) is 0 Å². The van der Waals surface area contributed by atoms with Crippen molar-refractivity contribution < 1.29 is 4.42 Å². The van der Waals surface area contributed by atoms with Crippen molar-refractivity contribution in [3.8, 4) is 89.3 Å². The van der Waals surface area contributed by atoms with E-state index in [-0.39, 0.29) is 0 Å². The first-order valence-corrected chi connectivity index (χ1v) is 49.2. The van der Waals surface area contributed by atoms with Gasteiger partial charge >= 0.3 is 0 Å². The van der Waals surface area contributed by atoms with E-state index in [1.54, 1.807) is 0 Å². The monoisotopic (exact) mass is 1840 g/mol. The summed E-state index contributed by atoms with van der Waals surface area (Å²) >= 11 is 0. The highest BCUT2D eigenvalue weighted by molar-refractivity contribution is 6.13. The molecule has 3 aromatic heterocycles. The second-order valence-corrected chi connectivity index (χ2v) is 36.6. The van der Waals surface area contributed by atoms with Crippen LogP contribution in [0.1, 0.15) is 0 Å². The van der Waals surface area contributed by atoms with E-state index in [0.29, 0.717) is 0 Å². The minimum atomic E-state index is 0.911. The van der Waals surface area contributed by atoms with E-state index in [0.717, 1.165) is 95.6 Å². The summed E-state index contributed by atoms with van der Waals surface area (Å²) in [6, 6.07) is 206. The van der Waals surface area contributed by atoms with E-state index >= 15 is 0 Å². The molecule has 6 nitrogen and oxygen atoms in total. The van der Waals surface area contributed by atoms with Gasteiger partial charge in [-0.15, -0.1) is 0 Å². The normalized spacial score (nSPS) is 11.3. The minimum absolute atomic E-state index is 0.911. The Morgan fingerprint density at radius 2 is 0.375 bits per heavy atom. The molecule has 678 valence electrons. The predicted molar refractivity (Wildman–Crippen MR) is 610 cm³/mol. The Balaban J connectivity index is 0.000000113. The van der Waals surface area contributed by atoms with Gasteiger partial charge < -0.3 is 28.3 Å². The maximum atomic E-state index is 6.37. The average Bonchev–Trinajstić information content (AvgIpc) is 1.57. The van der Waals surface area contributed by atoms with E-state index in [1.807, 2.05) is 12.1 Å². The van der Waals surface area contributed by atoms with Crippen LogP contribution in [-0.2, 0) is 0 Å². The van der Waals surface area contributed by atoms with E-state index in [9.17, 15) is 0 Å². The number of fused-ring (bicyclic) bond motifs is 12. The summed E-state index contributed by atoms with van der Waals surface area (Å²) in [6.45, 7) is 0. The molecule has 6 heteroatoms. The van der Waals surface area contributed by atoms with Gasteiger partial charge in [-0.3, -0.25) is 0 Å². The fraction of sp³-hybridized carbons (Fsp3) is 0. The number of hydrogen-bond donors (Lipinski definition) is 0. The summed E-state index contributed by atoms with van der Waals surface area (Å²) in [5.41, 5.74) is 35.7. The van der Waals surface area contributed by atoms with Crippen LogP contribution in [0.3, 0.4) is 0 Å². The summed E-state index contributed by atoms with van der Waals surface area (Å²) in [5, 5.41) is 14.9. The quantitative estimate of drug-likeness (QED) is 0.0857. The molecule has 0 atom stereocenters. The second-order valence-electron chi connectivity index (χ2n) is 36.6. The lowest BCUT2D eigenvalue weighted by atomic mass is 9.98. The highest BCUT2D eigenvalue weighted by Crippen LogP contribution is 2.47. The third kappa shape index (κ3) is 16.7. The Morgan fingerprint density at radius 1 is 0.139 bits per heavy atom. The van der Waals surface area contributed by atoms with Crippen molar-refractivity contribution >= 4 is 149 Å². The van der Waals surface area contributed by atoms with Crippen molar-refractivity contribution in [3.05, 3.63) is 576 Å². The van der Waals surface area contributed by atoms with E-state index in [4.69, 9.17) is 4.42 Å². The number of furan rings is 1. The molecule has 144 heavy (non-hydrogen) atoms. The summed E-state index contributed by atoms with van der Waals surface area (Å²) in [6.07, 6.45) is 0. The van der Waals surface area contributed by atoms with Crippen LogP contribution in [0.4, 0.5) is 51.2 Å². The number of para-hydroxylation sites is 7. The lowest BCUT2D eigenvalue weighted by Gasteiger charge is -2.26. The summed E-state index contributed by atoms with van der Waals surface area (Å²) in [5.74, 6) is 0. The number of aromatic nitrogens is 2. The first-order chi connectivity index (χ1) is 71.4. The molecule has 0 radical (unpaired) electrons. The van der Waals surface area contributed by atoms with Crippen LogP contribution in [0, 0.1) is 0 Å². The van der Waals surface area contributed by atoms with Crippen LogP contribution < -0.4 is 14.7 Å². The summed E-state index contributed by atoms with van der Waals surface area (Å²) in [4.78, 5) is 7.00. The largest absolute Gasteiger partial charge is 0.455 e. The molecule has 0 saturated carbocycles. The molecule has 27 aromatic rings. The Bertz CT molecular complexity index is 9190. The van der Waals surface area contributed by atoms with Gasteiger partial charge in [0.25, 0.3) is 0 Å². The van der Waals surface area contributed by atoms with Gasteiger partial charge in [0, 0.05) is 100 Å². The van der Waals surface area contributed by atoms with Gasteiger partial charge in [0.2, 0.25) is 0 Å². The Kier molecular flexibility index (Phi) is 23.0. The molecule has 0 aliphatic carbocycles. The number of hydrogen-bond acceptors (Lipinski definition) is 4. The highest BCUT2D eigenvalue weighted by Gasteiger charge is 2.23. The van der Waals surface area contributed by atoms with E-state index in [1.165, 1.54) is 143 Å². The molecular formula is C138H95N5O. The van der Waals surface area contributed by atoms with Crippen LogP contribution >= 0.6 is 0 Å². The maximum absolute atomic E-state index is 6.37. The van der Waals surface area contributed by atoms with Crippen molar-refractivity contribution in [2.24, 2.45) is 0 Å². The van der Waals surface area contributed by atoms with Gasteiger partial charge in [0.05, 0.1) is 22.1 Å². The zero-order chi connectivity index (χ0) is 95.6. The van der Waals surface area contributed by atoms with Crippen LogP contribution in [0.5, 0.6) is 0 Å². The average molecular weight is 1840 g/mol. The Morgan fingerprint density at radius 3 is 0.750 bits per heavy atom. The fourth-order valence-electron chi connectivity index (χ4n) is 21.1. The van der Waals surface area contributed by atoms with Gasteiger partial charge in [-0.1, -0.05) is 413 Å². The number of anilines is 9. The van der Waals surface area contributed by atoms with Gasteiger partial charge in [-0.25, -0.2) is 0 Å². The summed E-state index contributed by atoms with van der Waals surface area (Å²) < 4.78 is 11.1. The zero-order valence-corrected chi connectivity index (χ0v) is 79.0. The highest BCUT2D eigenvalue weighted by atomic mass is 16.3. The number of rotatable bonds is 18. The van der Waals surface area contributed by atoms with Gasteiger partial charge in [0.15, 0.2) is 0 Å². The standard InChI is InChI=1S/2C46H32N2.C46H31NO/c1-2-15-37(16-3-1)47(39-30-26-35(27-31-39)42-21-11-13-34-12-4-5-18-41(34)42)38-28-24-33(25-29-38)36-14-10-17-40(32-36)48-45-22-8-6-19-43(45)44-20-7-9-23-46(44)48;1-2-11-33(12-3-1)34-21-25-37(26-22-34)47(38-27-23-36(24-28-38)42-18-10-14-35-13-4-5-15-41(35)42)39-29-31-40(32-30-39)48-45-19-8-6-16-43(45)44-17-7-9-20-46(44)48;1-2-10-32(11-3-1)33-20-26-37(27-21-33)47(38-28-22-35(23-29-38)41-16-8-13-34-12-4-5-14-40(34)41)39-30-24-36(25-31-39)42-17-9-18-44-43-15-6-7-19-45(43)48-46(42)44/h2*1-32H;1-31H. The van der Waals surface area contributed by atoms with Crippen LogP contribution in [0.2, 0.25) is 0 Å². The lowest BCUT2D eigenvalue weighted by Crippen LogP contribution is -2.10. The third-order valence-electron chi connectivity index (χ3n) is 28.1. The molecule has 0 aliphatic heterocycles. The molecule has 3 heterocycles. The molecule has 0 N–H and O–H groups in total. The molecule has 27 rings (SSSR count). The molecule has 0 bridgehead atoms. The Labute approximate surface area is 836 Å². The van der Waals surface area contributed by atoms with Gasteiger partial charge in [0.1, 0.15) is 11.2 Å². The smallest absolute Gasteiger partial charge is 0.143 e. The maximum Gasteiger partial charge on any atom is 0.143 e. The first-order valence-electron chi connectivity index (χ1n) is 49.2. The lowest BCUT2D eigenvalue weighted by molar-refractivity contribution is 0.670. The topological polar surface area (TPSA) is 32.7 Å². The SMILES string of the molecule is c1ccc(-c2ccc(N(c3ccc(-c4cccc5ccccc45)cc3)c3ccc(-c4cccc5c4oc4ccccc45)cc3)cc2)cc1.c1ccc(-c2ccc(N(c3ccc(-c4cccc5ccccc45)cc3)c3ccc(-n4c5ccccc5c5ccccc54)cc3)cc2)cc1.c1ccc(N(c2ccc(-c3cccc(-n4c5ccccc5c5ccccc54)c3)cc2)c2ccc(-c3cccc4ccccc34)cc2)cc1. The fourth-order valence-corrected chi connectivity index (χ4v) is 21.1. The van der Waals surface area contributed by atoms with Gasteiger partial charge in [-0.05, 0) is 268 Å². The predicted octanol–water partition coefficient (Wildman–Crippen LogP) is 38.7. The van der Waals surface area contributed by atoms with E-state index < -0.39 is 0 Å². The Hall–Kier alpha value is -19.1. The zero-order valence-electron chi connectivity index (χ0n) is 79.0. The molecule has 24 aromatic carbocycles. The molecule has 0 amide bonds. The van der Waals surface area contributed by atoms with Crippen LogP contribution in [0.25, 0.3) is 187 Å². The second kappa shape index (κ2) is 38.3. The number of nitrogens with zero attached hydrogens (tertiary/aromatic N) is 5. The van der Waals surface area contributed by atoms with E-state index in [2.05, 4.69) is 588 Å². The van der Waals surface area contributed by atoms with Gasteiger partial charge in [-0.2, -0.15) is 0 Å². The van der Waals surface area contributed by atoms with Crippen LogP contribution in [0.15, 0.2) is 581 Å². The minimum Gasteiger partial charge on any atom is -0.455 e. The van der Waals surface area contributed by atoms with Crippen LogP contribution in [-0.4, -0.2) is 9.13 Å².